The van der Waals surface area contributed by atoms with Gasteiger partial charge in [-0.25, -0.2) is 0 Å². The predicted molar refractivity (Wildman–Crippen MR) is 150 cm³/mol. The molecule has 2 aliphatic rings. The summed E-state index contributed by atoms with van der Waals surface area (Å²) in [5.41, 5.74) is 9.64. The van der Waals surface area contributed by atoms with Gasteiger partial charge in [-0.2, -0.15) is 0 Å². The second-order valence-corrected chi connectivity index (χ2v) is 10.9. The summed E-state index contributed by atoms with van der Waals surface area (Å²) in [7, 11) is 0. The number of nitrogens with zero attached hydrogens (tertiary/aromatic N) is 1. The van der Waals surface area contributed by atoms with Gasteiger partial charge >= 0.3 is 6.36 Å². The zero-order valence-corrected chi connectivity index (χ0v) is 22.6. The molecule has 38 heavy (non-hydrogen) atoms. The van der Waals surface area contributed by atoms with Gasteiger partial charge in [0.2, 0.25) is 0 Å². The minimum absolute atomic E-state index is 0. The molecule has 2 fully saturated rings. The van der Waals surface area contributed by atoms with Gasteiger partial charge in [-0.05, 0) is 86.7 Å². The van der Waals surface area contributed by atoms with Gasteiger partial charge in [-0.3, -0.25) is 0 Å². The molecule has 1 heterocycles. The predicted octanol–water partition coefficient (Wildman–Crippen LogP) is 7.61. The second-order valence-electron chi connectivity index (χ2n) is 10.9. The van der Waals surface area contributed by atoms with Crippen LogP contribution < -0.4 is 15.8 Å². The van der Waals surface area contributed by atoms with Crippen LogP contribution in [0.3, 0.4) is 0 Å². The minimum atomic E-state index is -4.73. The zero-order chi connectivity index (χ0) is 25.8. The first-order chi connectivity index (χ1) is 17.9. The van der Waals surface area contributed by atoms with E-state index in [0.29, 0.717) is 23.6 Å². The molecule has 1 aromatic heterocycles. The molecule has 2 aliphatic carbocycles. The van der Waals surface area contributed by atoms with E-state index in [9.17, 15) is 13.2 Å². The van der Waals surface area contributed by atoms with Crippen molar-refractivity contribution in [3.8, 4) is 16.9 Å². The van der Waals surface area contributed by atoms with Crippen LogP contribution in [0, 0.1) is 5.92 Å². The van der Waals surface area contributed by atoms with Gasteiger partial charge in [0, 0.05) is 41.3 Å². The highest BCUT2D eigenvalue weighted by Crippen LogP contribution is 2.37. The van der Waals surface area contributed by atoms with E-state index in [1.165, 1.54) is 43.7 Å². The third-order valence-corrected chi connectivity index (χ3v) is 8.17. The Balaban J connectivity index is 0.00000336. The van der Waals surface area contributed by atoms with Crippen molar-refractivity contribution in [3.63, 3.8) is 0 Å². The van der Waals surface area contributed by atoms with Crippen LogP contribution >= 0.6 is 12.4 Å². The Labute approximate surface area is 229 Å². The summed E-state index contributed by atoms with van der Waals surface area (Å²) < 4.78 is 45.9. The Bertz CT molecular complexity index is 1180. The molecule has 3 N–H and O–H groups in total. The van der Waals surface area contributed by atoms with Crippen LogP contribution in [-0.4, -0.2) is 29.6 Å². The van der Waals surface area contributed by atoms with Crippen LogP contribution in [-0.2, 0) is 13.0 Å². The number of hydrogen-bond acceptors (Lipinski definition) is 3. The molecule has 0 amide bonds. The van der Waals surface area contributed by atoms with E-state index in [4.69, 9.17) is 5.73 Å². The molecule has 2 saturated carbocycles. The number of nitrogens with one attached hydrogen (secondary N) is 1. The molecule has 0 bridgehead atoms. The molecule has 8 heteroatoms. The zero-order valence-electron chi connectivity index (χ0n) is 21.8. The molecule has 0 aliphatic heterocycles. The Hall–Kier alpha value is -2.22. The summed E-state index contributed by atoms with van der Waals surface area (Å²) in [6, 6.07) is 13.3. The molecule has 0 spiro atoms. The second kappa shape index (κ2) is 12.8. The molecule has 5 rings (SSSR count). The lowest BCUT2D eigenvalue weighted by Gasteiger charge is -2.26. The summed E-state index contributed by atoms with van der Waals surface area (Å²) in [5.74, 6) is 0.511. The maximum atomic E-state index is 13.1. The number of ether oxygens (including phenoxy) is 1. The largest absolute Gasteiger partial charge is 0.573 e. The first kappa shape index (κ1) is 28.8. The number of fused-ring (bicyclic) bond motifs is 1. The van der Waals surface area contributed by atoms with Gasteiger partial charge < -0.3 is 20.4 Å². The molecular formula is C30H39ClF3N3O. The van der Waals surface area contributed by atoms with Crippen LogP contribution in [0.5, 0.6) is 5.75 Å². The highest BCUT2D eigenvalue weighted by molar-refractivity contribution is 5.89. The fourth-order valence-electron chi connectivity index (χ4n) is 6.19. The summed E-state index contributed by atoms with van der Waals surface area (Å²) in [4.78, 5) is 0. The van der Waals surface area contributed by atoms with Gasteiger partial charge in [0.25, 0.3) is 0 Å². The fourth-order valence-corrected chi connectivity index (χ4v) is 6.19. The van der Waals surface area contributed by atoms with E-state index in [1.54, 1.807) is 18.2 Å². The number of halogens is 4. The quantitative estimate of drug-likeness (QED) is 0.304. The third kappa shape index (κ3) is 7.25. The number of para-hydroxylation sites is 1. The van der Waals surface area contributed by atoms with Gasteiger partial charge in [0.05, 0.1) is 0 Å². The maximum absolute atomic E-state index is 13.1. The highest BCUT2D eigenvalue weighted by atomic mass is 35.5. The molecule has 0 atom stereocenters. The van der Waals surface area contributed by atoms with Crippen molar-refractivity contribution < 1.29 is 17.9 Å². The molecular weight excluding hydrogens is 511 g/mol. The normalized spacial score (nSPS) is 20.8. The number of rotatable bonds is 8. The Morgan fingerprint density at radius 1 is 0.947 bits per heavy atom. The summed E-state index contributed by atoms with van der Waals surface area (Å²) in [5, 5.41) is 4.83. The van der Waals surface area contributed by atoms with E-state index >= 15 is 0 Å². The molecule has 2 aromatic carbocycles. The molecule has 0 radical (unpaired) electrons. The van der Waals surface area contributed by atoms with E-state index in [1.807, 2.05) is 12.1 Å². The average molecular weight is 550 g/mol. The molecule has 3 aromatic rings. The Kier molecular flexibility index (Phi) is 9.66. The SMILES string of the molecule is Cl.NC1CCC(NCCc2cn(CC3CCCCC3)c3ccc(-c4ccccc4OC(F)(F)F)cc23)CC1. The van der Waals surface area contributed by atoms with Gasteiger partial charge in [0.15, 0.2) is 0 Å². The number of alkyl halides is 3. The smallest absolute Gasteiger partial charge is 0.405 e. The molecule has 0 saturated heterocycles. The molecule has 208 valence electrons. The summed E-state index contributed by atoms with van der Waals surface area (Å²) in [6.07, 6.45) is 9.25. The summed E-state index contributed by atoms with van der Waals surface area (Å²) >= 11 is 0. The Morgan fingerprint density at radius 3 is 2.42 bits per heavy atom. The van der Waals surface area contributed by atoms with Crippen LogP contribution in [0.1, 0.15) is 63.4 Å². The number of hydrogen-bond donors (Lipinski definition) is 2. The van der Waals surface area contributed by atoms with Crippen molar-refractivity contribution in [1.82, 2.24) is 9.88 Å². The van der Waals surface area contributed by atoms with Crippen molar-refractivity contribution in [3.05, 3.63) is 54.2 Å². The van der Waals surface area contributed by atoms with E-state index in [0.717, 1.165) is 61.7 Å². The number of nitrogens with two attached hydrogens (primary N) is 1. The van der Waals surface area contributed by atoms with Crippen LogP contribution in [0.25, 0.3) is 22.0 Å². The van der Waals surface area contributed by atoms with Crippen molar-refractivity contribution in [2.75, 3.05) is 6.54 Å². The lowest BCUT2D eigenvalue weighted by molar-refractivity contribution is -0.274. The van der Waals surface area contributed by atoms with Crippen LogP contribution in [0.15, 0.2) is 48.7 Å². The number of benzene rings is 2. The fraction of sp³-hybridized carbons (Fsp3) is 0.533. The third-order valence-electron chi connectivity index (χ3n) is 8.17. The standard InChI is InChI=1S/C30H38F3N3O.ClH/c31-30(32,33)37-29-9-5-4-8-26(29)22-10-15-28-27(18-22)23(16-17-35-25-13-11-24(34)12-14-25)20-36(28)19-21-6-2-1-3-7-21;/h4-5,8-10,15,18,20-21,24-25,35H,1-3,6-7,11-14,16-17,19,34H2;1H. The van der Waals surface area contributed by atoms with E-state index < -0.39 is 6.36 Å². The van der Waals surface area contributed by atoms with Gasteiger partial charge in [0.1, 0.15) is 5.75 Å². The monoisotopic (exact) mass is 549 g/mol. The van der Waals surface area contributed by atoms with Crippen molar-refractivity contribution in [2.45, 2.75) is 89.2 Å². The molecule has 4 nitrogen and oxygen atoms in total. The van der Waals surface area contributed by atoms with Crippen molar-refractivity contribution in [1.29, 1.82) is 0 Å². The first-order valence-electron chi connectivity index (χ1n) is 13.8. The Morgan fingerprint density at radius 2 is 1.68 bits per heavy atom. The van der Waals surface area contributed by atoms with Crippen LogP contribution in [0.4, 0.5) is 13.2 Å². The minimum Gasteiger partial charge on any atom is -0.405 e. The highest BCUT2D eigenvalue weighted by Gasteiger charge is 2.32. The first-order valence-corrected chi connectivity index (χ1v) is 13.8. The molecule has 0 unspecified atom stereocenters. The number of aromatic nitrogens is 1. The maximum Gasteiger partial charge on any atom is 0.573 e. The van der Waals surface area contributed by atoms with Crippen molar-refractivity contribution >= 4 is 23.3 Å². The lowest BCUT2D eigenvalue weighted by atomic mass is 9.89. The summed E-state index contributed by atoms with van der Waals surface area (Å²) in [6.45, 7) is 1.87. The van der Waals surface area contributed by atoms with E-state index in [2.05, 4.69) is 26.9 Å². The van der Waals surface area contributed by atoms with Gasteiger partial charge in [-0.1, -0.05) is 43.5 Å². The topological polar surface area (TPSA) is 52.2 Å². The van der Waals surface area contributed by atoms with Crippen LogP contribution in [0.2, 0.25) is 0 Å². The van der Waals surface area contributed by atoms with Gasteiger partial charge in [-0.15, -0.1) is 25.6 Å². The van der Waals surface area contributed by atoms with E-state index in [-0.39, 0.29) is 18.2 Å². The van der Waals surface area contributed by atoms with Crippen molar-refractivity contribution in [2.24, 2.45) is 11.7 Å². The lowest BCUT2D eigenvalue weighted by Crippen LogP contribution is -2.38. The average Bonchev–Trinajstić information content (AvgIpc) is 3.21.